The Labute approximate surface area is 95.4 Å². The lowest BCUT2D eigenvalue weighted by atomic mass is 10.1. The van der Waals surface area contributed by atoms with Gasteiger partial charge in [0.25, 0.3) is 0 Å². The fourth-order valence-corrected chi connectivity index (χ4v) is 1.83. The third kappa shape index (κ3) is 1.99. The van der Waals surface area contributed by atoms with E-state index in [1.165, 1.54) is 5.56 Å². The van der Waals surface area contributed by atoms with Gasteiger partial charge in [-0.15, -0.1) is 0 Å². The number of nitrogens with zero attached hydrogens (tertiary/aromatic N) is 2. The van der Waals surface area contributed by atoms with Crippen LogP contribution >= 0.6 is 0 Å². The standard InChI is InChI=1S/C13H16N2O/c1-10-5-3-4-6-11(10)12-9-15(2)13(14-12)7-8-16/h3-6,9,16H,7-8H2,1-2H3. The van der Waals surface area contributed by atoms with Crippen LogP contribution in [0.5, 0.6) is 0 Å². The molecule has 0 fully saturated rings. The second-order valence-electron chi connectivity index (χ2n) is 3.94. The normalized spacial score (nSPS) is 10.7. The molecule has 16 heavy (non-hydrogen) atoms. The zero-order chi connectivity index (χ0) is 11.5. The quantitative estimate of drug-likeness (QED) is 0.851. The number of hydrogen-bond donors (Lipinski definition) is 1. The van der Waals surface area contributed by atoms with E-state index in [1.807, 2.05) is 29.9 Å². The summed E-state index contributed by atoms with van der Waals surface area (Å²) in [6, 6.07) is 8.19. The van der Waals surface area contributed by atoms with Gasteiger partial charge >= 0.3 is 0 Å². The summed E-state index contributed by atoms with van der Waals surface area (Å²) in [5.74, 6) is 0.917. The number of hydrogen-bond acceptors (Lipinski definition) is 2. The topological polar surface area (TPSA) is 38.0 Å². The molecule has 1 N–H and O–H groups in total. The average Bonchev–Trinajstić information content (AvgIpc) is 2.61. The highest BCUT2D eigenvalue weighted by atomic mass is 16.3. The van der Waals surface area contributed by atoms with Gasteiger partial charge in [0.1, 0.15) is 5.82 Å². The Morgan fingerprint density at radius 2 is 2.06 bits per heavy atom. The van der Waals surface area contributed by atoms with Crippen LogP contribution in [-0.2, 0) is 13.5 Å². The van der Waals surface area contributed by atoms with Crippen LogP contribution in [0.3, 0.4) is 0 Å². The molecule has 1 heterocycles. The van der Waals surface area contributed by atoms with Gasteiger partial charge in [0.2, 0.25) is 0 Å². The molecule has 3 nitrogen and oxygen atoms in total. The minimum atomic E-state index is 0.137. The van der Waals surface area contributed by atoms with Crippen molar-refractivity contribution in [3.63, 3.8) is 0 Å². The average molecular weight is 216 g/mol. The summed E-state index contributed by atoms with van der Waals surface area (Å²) >= 11 is 0. The first kappa shape index (κ1) is 10.9. The summed E-state index contributed by atoms with van der Waals surface area (Å²) in [7, 11) is 1.96. The number of aryl methyl sites for hydroxylation is 2. The van der Waals surface area contributed by atoms with Gasteiger partial charge in [0, 0.05) is 25.2 Å². The third-order valence-electron chi connectivity index (χ3n) is 2.73. The lowest BCUT2D eigenvalue weighted by Gasteiger charge is -2.00. The Hall–Kier alpha value is -1.61. The summed E-state index contributed by atoms with van der Waals surface area (Å²) in [5, 5.41) is 8.93. The minimum absolute atomic E-state index is 0.137. The van der Waals surface area contributed by atoms with Gasteiger partial charge in [-0.25, -0.2) is 4.98 Å². The molecule has 0 bridgehead atoms. The van der Waals surface area contributed by atoms with E-state index in [2.05, 4.69) is 24.0 Å². The van der Waals surface area contributed by atoms with Crippen LogP contribution in [0.1, 0.15) is 11.4 Å². The largest absolute Gasteiger partial charge is 0.396 e. The molecule has 0 radical (unpaired) electrons. The van der Waals surface area contributed by atoms with Crippen molar-refractivity contribution in [2.24, 2.45) is 7.05 Å². The summed E-state index contributed by atoms with van der Waals surface area (Å²) in [6.45, 7) is 2.22. The van der Waals surface area contributed by atoms with Gasteiger partial charge < -0.3 is 9.67 Å². The van der Waals surface area contributed by atoms with Crippen LogP contribution in [0.15, 0.2) is 30.5 Å². The van der Waals surface area contributed by atoms with Crippen molar-refractivity contribution in [2.45, 2.75) is 13.3 Å². The fourth-order valence-electron chi connectivity index (χ4n) is 1.83. The van der Waals surface area contributed by atoms with Crippen molar-refractivity contribution < 1.29 is 5.11 Å². The maximum absolute atomic E-state index is 8.93. The maximum atomic E-state index is 8.93. The van der Waals surface area contributed by atoms with Gasteiger partial charge in [0.05, 0.1) is 12.3 Å². The van der Waals surface area contributed by atoms with Crippen molar-refractivity contribution in [1.29, 1.82) is 0 Å². The Morgan fingerprint density at radius 3 is 2.75 bits per heavy atom. The monoisotopic (exact) mass is 216 g/mol. The molecule has 2 rings (SSSR count). The molecule has 1 aromatic carbocycles. The molecule has 0 saturated heterocycles. The maximum Gasteiger partial charge on any atom is 0.111 e. The van der Waals surface area contributed by atoms with Crippen molar-refractivity contribution in [3.8, 4) is 11.3 Å². The Balaban J connectivity index is 2.42. The van der Waals surface area contributed by atoms with Crippen LogP contribution in [0.2, 0.25) is 0 Å². The van der Waals surface area contributed by atoms with Gasteiger partial charge in [-0.05, 0) is 12.5 Å². The highest BCUT2D eigenvalue weighted by molar-refractivity contribution is 5.62. The molecular weight excluding hydrogens is 200 g/mol. The lowest BCUT2D eigenvalue weighted by Crippen LogP contribution is -1.99. The first-order valence-corrected chi connectivity index (χ1v) is 5.41. The van der Waals surface area contributed by atoms with Crippen LogP contribution in [0.4, 0.5) is 0 Å². The van der Waals surface area contributed by atoms with E-state index in [0.29, 0.717) is 6.42 Å². The van der Waals surface area contributed by atoms with Crippen LogP contribution in [0, 0.1) is 6.92 Å². The third-order valence-corrected chi connectivity index (χ3v) is 2.73. The van der Waals surface area contributed by atoms with Crippen LogP contribution < -0.4 is 0 Å². The van der Waals surface area contributed by atoms with E-state index in [-0.39, 0.29) is 6.61 Å². The Kier molecular flexibility index (Phi) is 3.06. The molecule has 0 aliphatic rings. The first-order chi connectivity index (χ1) is 7.72. The summed E-state index contributed by atoms with van der Waals surface area (Å²) in [4.78, 5) is 4.53. The second kappa shape index (κ2) is 4.49. The molecule has 0 aliphatic carbocycles. The predicted octanol–water partition coefficient (Wildman–Crippen LogP) is 1.93. The SMILES string of the molecule is Cc1ccccc1-c1cn(C)c(CCO)n1. The highest BCUT2D eigenvalue weighted by Gasteiger charge is 2.08. The van der Waals surface area contributed by atoms with Gasteiger partial charge in [-0.1, -0.05) is 24.3 Å². The number of benzene rings is 1. The van der Waals surface area contributed by atoms with E-state index in [0.717, 1.165) is 17.1 Å². The smallest absolute Gasteiger partial charge is 0.111 e. The van der Waals surface area contributed by atoms with Crippen LogP contribution in [-0.4, -0.2) is 21.3 Å². The van der Waals surface area contributed by atoms with E-state index in [1.54, 1.807) is 0 Å². The van der Waals surface area contributed by atoms with Crippen molar-refractivity contribution in [2.75, 3.05) is 6.61 Å². The summed E-state index contributed by atoms with van der Waals surface area (Å²) in [6.07, 6.45) is 2.61. The number of imidazole rings is 1. The number of aliphatic hydroxyl groups excluding tert-OH is 1. The van der Waals surface area contributed by atoms with E-state index < -0.39 is 0 Å². The summed E-state index contributed by atoms with van der Waals surface area (Å²) in [5.41, 5.74) is 3.35. The van der Waals surface area contributed by atoms with Gasteiger partial charge in [0.15, 0.2) is 0 Å². The number of rotatable bonds is 3. The Bertz CT molecular complexity index is 488. The van der Waals surface area contributed by atoms with Crippen molar-refractivity contribution in [1.82, 2.24) is 9.55 Å². The molecule has 1 aromatic heterocycles. The summed E-state index contributed by atoms with van der Waals surface area (Å²) < 4.78 is 1.97. The highest BCUT2D eigenvalue weighted by Crippen LogP contribution is 2.21. The first-order valence-electron chi connectivity index (χ1n) is 5.41. The fraction of sp³-hybridized carbons (Fsp3) is 0.308. The molecule has 0 aliphatic heterocycles. The van der Waals surface area contributed by atoms with E-state index in [9.17, 15) is 0 Å². The van der Waals surface area contributed by atoms with Gasteiger partial charge in [-0.2, -0.15) is 0 Å². The minimum Gasteiger partial charge on any atom is -0.396 e. The molecule has 2 aromatic rings. The molecule has 84 valence electrons. The molecule has 0 atom stereocenters. The number of aliphatic hydroxyl groups is 1. The predicted molar refractivity (Wildman–Crippen MR) is 64.2 cm³/mol. The van der Waals surface area contributed by atoms with E-state index in [4.69, 9.17) is 5.11 Å². The molecule has 0 spiro atoms. The molecule has 0 saturated carbocycles. The Morgan fingerprint density at radius 1 is 1.31 bits per heavy atom. The molecule has 3 heteroatoms. The zero-order valence-electron chi connectivity index (χ0n) is 9.64. The van der Waals surface area contributed by atoms with Gasteiger partial charge in [-0.3, -0.25) is 0 Å². The number of aromatic nitrogens is 2. The molecule has 0 unspecified atom stereocenters. The molecule has 0 amide bonds. The second-order valence-corrected chi connectivity index (χ2v) is 3.94. The lowest BCUT2D eigenvalue weighted by molar-refractivity contribution is 0.295. The van der Waals surface area contributed by atoms with Crippen molar-refractivity contribution >= 4 is 0 Å². The molecular formula is C13H16N2O. The van der Waals surface area contributed by atoms with E-state index >= 15 is 0 Å². The van der Waals surface area contributed by atoms with Crippen LogP contribution in [0.25, 0.3) is 11.3 Å². The van der Waals surface area contributed by atoms with Crippen molar-refractivity contribution in [3.05, 3.63) is 41.9 Å². The zero-order valence-corrected chi connectivity index (χ0v) is 9.64.